The lowest BCUT2D eigenvalue weighted by molar-refractivity contribution is 0.200. The number of carbonyl (C=O) groups excluding carboxylic acids is 1. The van der Waals surface area contributed by atoms with Crippen molar-refractivity contribution >= 4 is 6.09 Å². The Bertz CT molecular complexity index is 362. The van der Waals surface area contributed by atoms with Crippen LogP contribution in [0, 0.1) is 6.92 Å². The number of nitrogens with two attached hydrogens (primary N) is 1. The van der Waals surface area contributed by atoms with Gasteiger partial charge < -0.3 is 4.74 Å². The topological polar surface area (TPSA) is 64.3 Å². The number of hydrogen-bond acceptors (Lipinski definition) is 3. The van der Waals surface area contributed by atoms with Crippen LogP contribution < -0.4 is 16.0 Å². The van der Waals surface area contributed by atoms with E-state index < -0.39 is 6.09 Å². The average molecular weight is 208 g/mol. The molecule has 0 unspecified atom stereocenters. The molecule has 0 fully saturated rings. The summed E-state index contributed by atoms with van der Waals surface area (Å²) in [5.74, 6) is 5.82. The minimum atomic E-state index is -0.650. The zero-order valence-electron chi connectivity index (χ0n) is 9.20. The van der Waals surface area contributed by atoms with E-state index in [1.165, 1.54) is 0 Å². The van der Waals surface area contributed by atoms with Crippen molar-refractivity contribution in [1.82, 2.24) is 5.43 Å². The number of rotatable bonds is 2. The molecule has 15 heavy (non-hydrogen) atoms. The van der Waals surface area contributed by atoms with Crippen molar-refractivity contribution in [1.29, 1.82) is 0 Å². The summed E-state index contributed by atoms with van der Waals surface area (Å²) in [5, 5.41) is 0. The van der Waals surface area contributed by atoms with Crippen LogP contribution in [0.5, 0.6) is 5.75 Å². The van der Waals surface area contributed by atoms with E-state index in [0.29, 0.717) is 11.7 Å². The van der Waals surface area contributed by atoms with Gasteiger partial charge in [0.25, 0.3) is 0 Å². The molecule has 1 aromatic carbocycles. The lowest BCUT2D eigenvalue weighted by Gasteiger charge is -2.12. The van der Waals surface area contributed by atoms with Gasteiger partial charge in [-0.15, -0.1) is 0 Å². The summed E-state index contributed by atoms with van der Waals surface area (Å²) in [7, 11) is 0. The van der Waals surface area contributed by atoms with Crippen LogP contribution in [0.2, 0.25) is 0 Å². The second-order valence-electron chi connectivity index (χ2n) is 3.73. The molecule has 3 N–H and O–H groups in total. The highest BCUT2D eigenvalue weighted by molar-refractivity contribution is 5.70. The highest BCUT2D eigenvalue weighted by Gasteiger charge is 2.10. The SMILES string of the molecule is Cc1ccc(C(C)C)c(OC(=O)NN)c1. The van der Waals surface area contributed by atoms with Gasteiger partial charge in [-0.05, 0) is 30.0 Å². The summed E-state index contributed by atoms with van der Waals surface area (Å²) in [6.45, 7) is 6.02. The third-order valence-electron chi connectivity index (χ3n) is 2.11. The van der Waals surface area contributed by atoms with Crippen molar-refractivity contribution in [2.45, 2.75) is 26.7 Å². The summed E-state index contributed by atoms with van der Waals surface area (Å²) in [4.78, 5) is 11.0. The monoisotopic (exact) mass is 208 g/mol. The highest BCUT2D eigenvalue weighted by Crippen LogP contribution is 2.27. The zero-order chi connectivity index (χ0) is 11.4. The summed E-state index contributed by atoms with van der Waals surface area (Å²) < 4.78 is 5.06. The van der Waals surface area contributed by atoms with Gasteiger partial charge in [0.15, 0.2) is 0 Å². The van der Waals surface area contributed by atoms with Crippen LogP contribution in [-0.4, -0.2) is 6.09 Å². The Hall–Kier alpha value is -1.55. The predicted octanol–water partition coefficient (Wildman–Crippen LogP) is 2.08. The van der Waals surface area contributed by atoms with Gasteiger partial charge in [-0.1, -0.05) is 26.0 Å². The van der Waals surface area contributed by atoms with Gasteiger partial charge in [-0.25, -0.2) is 10.6 Å². The van der Waals surface area contributed by atoms with E-state index >= 15 is 0 Å². The molecule has 0 saturated carbocycles. The van der Waals surface area contributed by atoms with Gasteiger partial charge in [0.05, 0.1) is 0 Å². The van der Waals surface area contributed by atoms with Crippen molar-refractivity contribution in [3.05, 3.63) is 29.3 Å². The molecule has 0 bridgehead atoms. The van der Waals surface area contributed by atoms with Crippen molar-refractivity contribution in [2.24, 2.45) is 5.84 Å². The Kier molecular flexibility index (Phi) is 3.68. The van der Waals surface area contributed by atoms with Crippen molar-refractivity contribution in [3.63, 3.8) is 0 Å². The van der Waals surface area contributed by atoms with Gasteiger partial charge in [0.2, 0.25) is 0 Å². The van der Waals surface area contributed by atoms with Gasteiger partial charge in [-0.3, -0.25) is 5.43 Å². The number of amides is 1. The molecule has 1 amide bonds. The third-order valence-corrected chi connectivity index (χ3v) is 2.11. The van der Waals surface area contributed by atoms with Crippen molar-refractivity contribution in [3.8, 4) is 5.75 Å². The highest BCUT2D eigenvalue weighted by atomic mass is 16.6. The molecule has 4 heteroatoms. The molecule has 0 aliphatic heterocycles. The minimum Gasteiger partial charge on any atom is -0.409 e. The third kappa shape index (κ3) is 2.95. The van der Waals surface area contributed by atoms with Crippen LogP contribution in [0.15, 0.2) is 18.2 Å². The van der Waals surface area contributed by atoms with E-state index in [1.54, 1.807) is 0 Å². The number of carbonyl (C=O) groups is 1. The molecular formula is C11H16N2O2. The van der Waals surface area contributed by atoms with Crippen LogP contribution in [0.25, 0.3) is 0 Å². The van der Waals surface area contributed by atoms with Gasteiger partial charge in [0.1, 0.15) is 5.75 Å². The molecule has 0 saturated heterocycles. The molecule has 0 aliphatic rings. The Morgan fingerprint density at radius 2 is 2.13 bits per heavy atom. The summed E-state index contributed by atoms with van der Waals surface area (Å²) in [6, 6.07) is 5.77. The van der Waals surface area contributed by atoms with Crippen LogP contribution in [-0.2, 0) is 0 Å². The maximum Gasteiger partial charge on any atom is 0.426 e. The fourth-order valence-corrected chi connectivity index (χ4v) is 1.34. The van der Waals surface area contributed by atoms with E-state index in [0.717, 1.165) is 11.1 Å². The fourth-order valence-electron chi connectivity index (χ4n) is 1.34. The summed E-state index contributed by atoms with van der Waals surface area (Å²) in [6.07, 6.45) is -0.650. The second-order valence-corrected chi connectivity index (χ2v) is 3.73. The quantitative estimate of drug-likeness (QED) is 0.444. The Morgan fingerprint density at radius 3 is 2.67 bits per heavy atom. The van der Waals surface area contributed by atoms with Gasteiger partial charge >= 0.3 is 6.09 Å². The van der Waals surface area contributed by atoms with E-state index in [-0.39, 0.29) is 0 Å². The molecule has 0 spiro atoms. The normalized spacial score (nSPS) is 10.2. The molecule has 0 heterocycles. The van der Waals surface area contributed by atoms with Crippen molar-refractivity contribution in [2.75, 3.05) is 0 Å². The van der Waals surface area contributed by atoms with Crippen LogP contribution in [0.4, 0.5) is 4.79 Å². The van der Waals surface area contributed by atoms with Gasteiger partial charge in [-0.2, -0.15) is 0 Å². The largest absolute Gasteiger partial charge is 0.426 e. The average Bonchev–Trinajstić information content (AvgIpc) is 2.17. The van der Waals surface area contributed by atoms with Crippen molar-refractivity contribution < 1.29 is 9.53 Å². The number of benzene rings is 1. The number of nitrogens with one attached hydrogen (secondary N) is 1. The second kappa shape index (κ2) is 4.79. The number of hydrazine groups is 1. The molecule has 1 aromatic rings. The first-order valence-electron chi connectivity index (χ1n) is 4.83. The lowest BCUT2D eigenvalue weighted by atomic mass is 10.0. The molecule has 0 radical (unpaired) electrons. The molecule has 0 aromatic heterocycles. The van der Waals surface area contributed by atoms with E-state index in [1.807, 2.05) is 44.4 Å². The summed E-state index contributed by atoms with van der Waals surface area (Å²) >= 11 is 0. The zero-order valence-corrected chi connectivity index (χ0v) is 9.20. The van der Waals surface area contributed by atoms with E-state index in [9.17, 15) is 4.79 Å². The number of hydrogen-bond donors (Lipinski definition) is 2. The predicted molar refractivity (Wildman–Crippen MR) is 58.6 cm³/mol. The smallest absolute Gasteiger partial charge is 0.409 e. The summed E-state index contributed by atoms with van der Waals surface area (Å²) in [5.41, 5.74) is 3.97. The molecule has 1 rings (SSSR count). The molecular weight excluding hydrogens is 192 g/mol. The standard InChI is InChI=1S/C11H16N2O2/c1-7(2)9-5-4-8(3)6-10(9)15-11(14)13-12/h4-7H,12H2,1-3H3,(H,13,14). The maximum atomic E-state index is 11.0. The molecule has 0 aliphatic carbocycles. The Morgan fingerprint density at radius 1 is 1.47 bits per heavy atom. The first-order valence-corrected chi connectivity index (χ1v) is 4.83. The Balaban J connectivity index is 3.02. The molecule has 82 valence electrons. The lowest BCUT2D eigenvalue weighted by Crippen LogP contribution is -2.33. The first kappa shape index (κ1) is 11.5. The van der Waals surface area contributed by atoms with Crippen LogP contribution in [0.1, 0.15) is 30.9 Å². The molecule has 4 nitrogen and oxygen atoms in total. The van der Waals surface area contributed by atoms with E-state index in [4.69, 9.17) is 10.6 Å². The number of aryl methyl sites for hydroxylation is 1. The van der Waals surface area contributed by atoms with E-state index in [2.05, 4.69) is 0 Å². The fraction of sp³-hybridized carbons (Fsp3) is 0.364. The van der Waals surface area contributed by atoms with Crippen LogP contribution >= 0.6 is 0 Å². The van der Waals surface area contributed by atoms with Crippen LogP contribution in [0.3, 0.4) is 0 Å². The first-order chi connectivity index (χ1) is 7.04. The van der Waals surface area contributed by atoms with Gasteiger partial charge in [0, 0.05) is 0 Å². The molecule has 0 atom stereocenters. The minimum absolute atomic E-state index is 0.297. The Labute approximate surface area is 89.4 Å². The number of ether oxygens (including phenoxy) is 1. The maximum absolute atomic E-state index is 11.0.